The maximum Gasteiger partial charge on any atom is 0.106 e. The van der Waals surface area contributed by atoms with Crippen molar-refractivity contribution in [3.63, 3.8) is 0 Å². The van der Waals surface area contributed by atoms with Crippen LogP contribution in [0.15, 0.2) is 30.7 Å². The molecule has 0 saturated carbocycles. The lowest BCUT2D eigenvalue weighted by Crippen LogP contribution is -2.00. The van der Waals surface area contributed by atoms with Gasteiger partial charge in [0.2, 0.25) is 0 Å². The van der Waals surface area contributed by atoms with Crippen molar-refractivity contribution in [3.05, 3.63) is 36.3 Å². The van der Waals surface area contributed by atoms with E-state index >= 15 is 0 Å². The van der Waals surface area contributed by atoms with Crippen LogP contribution in [0.1, 0.15) is 16.5 Å². The van der Waals surface area contributed by atoms with E-state index in [1.807, 2.05) is 0 Å². The Labute approximate surface area is 87.3 Å². The number of nitrogens with two attached hydrogens (primary N) is 1. The summed E-state index contributed by atoms with van der Waals surface area (Å²) in [5, 5.41) is 3.59. The van der Waals surface area contributed by atoms with Crippen molar-refractivity contribution in [1.29, 1.82) is 0 Å². The molecule has 0 fully saturated rings. The van der Waals surface area contributed by atoms with Gasteiger partial charge in [-0.15, -0.1) is 0 Å². The lowest BCUT2D eigenvalue weighted by atomic mass is 10.3. The van der Waals surface area contributed by atoms with Crippen LogP contribution in [0, 0.1) is 6.85 Å². The van der Waals surface area contributed by atoms with E-state index in [1.54, 1.807) is 0 Å². The summed E-state index contributed by atoms with van der Waals surface area (Å²) in [6.07, 6.45) is -2.30. The van der Waals surface area contributed by atoms with Crippen molar-refractivity contribution in [2.24, 2.45) is 0 Å². The van der Waals surface area contributed by atoms with Gasteiger partial charge in [0.05, 0.1) is 24.9 Å². The van der Waals surface area contributed by atoms with E-state index in [1.165, 1.54) is 0 Å². The van der Waals surface area contributed by atoms with Crippen LogP contribution in [-0.4, -0.2) is 14.8 Å². The molecule has 0 bridgehead atoms. The van der Waals surface area contributed by atoms with Crippen LogP contribution in [0.2, 0.25) is 0 Å². The maximum atomic E-state index is 7.82. The molecule has 0 unspecified atom stereocenters. The third kappa shape index (κ3) is 1.38. The first-order valence-electron chi connectivity index (χ1n) is 7.36. The van der Waals surface area contributed by atoms with Gasteiger partial charge in [0.1, 0.15) is 5.69 Å². The van der Waals surface area contributed by atoms with Gasteiger partial charge in [-0.1, -0.05) is 0 Å². The average molecular weight is 182 g/mol. The van der Waals surface area contributed by atoms with Crippen LogP contribution in [0.4, 0.5) is 5.69 Å². The van der Waals surface area contributed by atoms with E-state index in [9.17, 15) is 0 Å². The molecule has 0 spiro atoms. The summed E-state index contributed by atoms with van der Waals surface area (Å²) < 4.78 is 60.5. The Balaban J connectivity index is 2.79. The fraction of sp³-hybridized carbons (Fsp3) is 0.111. The number of anilines is 1. The van der Waals surface area contributed by atoms with Crippen molar-refractivity contribution >= 4 is 5.69 Å². The summed E-state index contributed by atoms with van der Waals surface area (Å²) >= 11 is 0. The summed E-state index contributed by atoms with van der Waals surface area (Å²) in [5.74, 6) is 0. The molecule has 4 nitrogen and oxygen atoms in total. The Morgan fingerprint density at radius 1 is 1.62 bits per heavy atom. The minimum atomic E-state index is -2.71. The number of aromatic nitrogens is 3. The van der Waals surface area contributed by atoms with Crippen molar-refractivity contribution in [3.8, 4) is 5.69 Å². The van der Waals surface area contributed by atoms with Crippen molar-refractivity contribution in [1.82, 2.24) is 14.8 Å². The zero-order valence-corrected chi connectivity index (χ0v) is 6.42. The van der Waals surface area contributed by atoms with Crippen molar-refractivity contribution in [2.75, 3.05) is 5.73 Å². The van der Waals surface area contributed by atoms with Crippen LogP contribution in [0.3, 0.4) is 0 Å². The van der Waals surface area contributed by atoms with Gasteiger partial charge in [-0.2, -0.15) is 5.10 Å². The first-order valence-corrected chi connectivity index (χ1v) is 3.36. The predicted molar refractivity (Wildman–Crippen MR) is 50.5 cm³/mol. The fourth-order valence-electron chi connectivity index (χ4n) is 0.812. The van der Waals surface area contributed by atoms with Crippen LogP contribution in [-0.2, 0) is 0 Å². The highest BCUT2D eigenvalue weighted by molar-refractivity contribution is 5.55. The maximum absolute atomic E-state index is 7.82. The largest absolute Gasteiger partial charge is 0.397 e. The number of pyridine rings is 1. The summed E-state index contributed by atoms with van der Waals surface area (Å²) in [7, 11) is 0. The summed E-state index contributed by atoms with van der Waals surface area (Å²) in [5.41, 5.74) is 4.45. The van der Waals surface area contributed by atoms with Gasteiger partial charge in [-0.3, -0.25) is 4.98 Å². The Morgan fingerprint density at radius 2 is 2.54 bits per heavy atom. The van der Waals surface area contributed by atoms with Gasteiger partial charge in [0.15, 0.2) is 0 Å². The van der Waals surface area contributed by atoms with E-state index in [4.69, 9.17) is 16.7 Å². The second-order valence-corrected chi connectivity index (χ2v) is 2.23. The lowest BCUT2D eigenvalue weighted by molar-refractivity contribution is 0.876. The molecule has 0 aromatic carbocycles. The molecule has 2 N–H and O–H groups in total. The van der Waals surface area contributed by atoms with E-state index < -0.39 is 43.1 Å². The Morgan fingerprint density at radius 3 is 3.31 bits per heavy atom. The molecule has 0 atom stereocenters. The van der Waals surface area contributed by atoms with Gasteiger partial charge < -0.3 is 5.73 Å². The minimum Gasteiger partial charge on any atom is -0.397 e. The molecule has 0 aliphatic carbocycles. The third-order valence-corrected chi connectivity index (χ3v) is 1.35. The minimum absolute atomic E-state index is 0.287. The van der Waals surface area contributed by atoms with Crippen molar-refractivity contribution < 1.29 is 11.0 Å². The highest BCUT2D eigenvalue weighted by atomic mass is 15.3. The molecule has 4 heteroatoms. The SMILES string of the molecule is [2H]c1nc([2H])c(-n2nc([2H])c(C([2H])([2H])[2H])c2[2H])c(N)c1[2H]. The van der Waals surface area contributed by atoms with E-state index in [-0.39, 0.29) is 11.4 Å². The molecule has 2 aromatic heterocycles. The summed E-state index contributed by atoms with van der Waals surface area (Å²) in [4.78, 5) is 3.47. The Hall–Kier alpha value is -1.84. The predicted octanol–water partition coefficient (Wildman–Crippen LogP) is 1.16. The summed E-state index contributed by atoms with van der Waals surface area (Å²) in [6.45, 7) is -2.71. The average Bonchev–Trinajstić information content (AvgIpc) is 2.61. The second-order valence-electron chi connectivity index (χ2n) is 2.23. The second kappa shape index (κ2) is 2.90. The topological polar surface area (TPSA) is 56.7 Å². The van der Waals surface area contributed by atoms with Crippen LogP contribution in [0.25, 0.3) is 5.69 Å². The standard InChI is InChI=1S/C9H10N4/c1-7-4-12-13(6-7)9-5-11-3-2-8(9)10/h2-6H,1H3,(H2,10,11)/i1D3,2D,3D,4D,5D,6D. The lowest BCUT2D eigenvalue weighted by Gasteiger charge is -2.02. The molecular formula is C9H10N4. The zero-order chi connectivity index (χ0) is 16.1. The first-order chi connectivity index (χ1) is 9.55. The van der Waals surface area contributed by atoms with Gasteiger partial charge in [-0.05, 0) is 18.5 Å². The van der Waals surface area contributed by atoms with E-state index in [0.29, 0.717) is 4.68 Å². The van der Waals surface area contributed by atoms with Gasteiger partial charge >= 0.3 is 0 Å². The highest BCUT2D eigenvalue weighted by Gasteiger charge is 2.01. The van der Waals surface area contributed by atoms with Crippen LogP contribution < -0.4 is 5.73 Å². The molecule has 0 amide bonds. The molecule has 0 saturated heterocycles. The highest BCUT2D eigenvalue weighted by Crippen LogP contribution is 2.13. The molecular weight excluding hydrogens is 164 g/mol. The molecule has 0 aliphatic heterocycles. The van der Waals surface area contributed by atoms with Crippen molar-refractivity contribution in [2.45, 2.75) is 6.85 Å². The monoisotopic (exact) mass is 182 g/mol. The van der Waals surface area contributed by atoms with E-state index in [2.05, 4.69) is 10.1 Å². The molecule has 13 heavy (non-hydrogen) atoms. The smallest absolute Gasteiger partial charge is 0.106 e. The van der Waals surface area contributed by atoms with Gasteiger partial charge in [0, 0.05) is 16.5 Å². The zero-order valence-electron chi connectivity index (χ0n) is 14.4. The normalized spacial score (nSPS) is 20.0. The Kier molecular flexibility index (Phi) is 0.631. The molecule has 2 aromatic rings. The molecule has 66 valence electrons. The first kappa shape index (κ1) is 2.83. The number of nitrogen functional groups attached to an aromatic ring is 1. The number of hydrogen-bond acceptors (Lipinski definition) is 3. The Bertz CT molecular complexity index is 720. The number of rotatable bonds is 1. The quantitative estimate of drug-likeness (QED) is 0.720. The van der Waals surface area contributed by atoms with Crippen LogP contribution >= 0.6 is 0 Å². The van der Waals surface area contributed by atoms with E-state index in [0.717, 1.165) is 0 Å². The third-order valence-electron chi connectivity index (χ3n) is 1.35. The fourth-order valence-corrected chi connectivity index (χ4v) is 0.812. The molecule has 0 aliphatic rings. The number of nitrogens with zero attached hydrogens (tertiary/aromatic N) is 3. The molecule has 2 heterocycles. The number of hydrogen-bond donors (Lipinski definition) is 1. The van der Waals surface area contributed by atoms with Crippen LogP contribution in [0.5, 0.6) is 0 Å². The van der Waals surface area contributed by atoms with Gasteiger partial charge in [0.25, 0.3) is 0 Å². The molecule has 0 radical (unpaired) electrons. The van der Waals surface area contributed by atoms with Gasteiger partial charge in [-0.25, -0.2) is 4.68 Å². The summed E-state index contributed by atoms with van der Waals surface area (Å²) in [6, 6.07) is -0.460. The molecule has 2 rings (SSSR count).